The molecule has 29 heavy (non-hydrogen) atoms. The second-order valence-corrected chi connectivity index (χ2v) is 10.3. The van der Waals surface area contributed by atoms with Gasteiger partial charge in [0.15, 0.2) is 0 Å². The van der Waals surface area contributed by atoms with Gasteiger partial charge in [0, 0.05) is 32.7 Å². The largest absolute Gasteiger partial charge is 0.379 e. The topological polar surface area (TPSA) is 105 Å². The SMILES string of the molecule is O=S(=O)(NCCNCc1ccccc1)c1ccc(S(=O)(=O)N2CCOCC2)cc1. The Balaban J connectivity index is 1.54. The van der Waals surface area contributed by atoms with Gasteiger partial charge in [-0.1, -0.05) is 30.3 Å². The number of hydrogen-bond donors (Lipinski definition) is 2. The number of rotatable bonds is 9. The summed E-state index contributed by atoms with van der Waals surface area (Å²) in [6.45, 7) is 2.64. The van der Waals surface area contributed by atoms with Crippen LogP contribution in [0.3, 0.4) is 0 Å². The normalized spacial score (nSPS) is 16.0. The molecule has 0 aromatic heterocycles. The zero-order valence-electron chi connectivity index (χ0n) is 16.0. The standard InChI is InChI=1S/C19H25N3O5S2/c23-28(24,21-11-10-20-16-17-4-2-1-3-5-17)18-6-8-19(9-7-18)29(25,26)22-12-14-27-15-13-22/h1-9,20-21H,10-16H2. The molecule has 0 unspecified atom stereocenters. The van der Waals surface area contributed by atoms with Crippen molar-refractivity contribution in [2.75, 3.05) is 39.4 Å². The number of nitrogens with zero attached hydrogens (tertiary/aromatic N) is 1. The van der Waals surface area contributed by atoms with Crippen LogP contribution < -0.4 is 10.0 Å². The minimum Gasteiger partial charge on any atom is -0.379 e. The maximum absolute atomic E-state index is 12.6. The summed E-state index contributed by atoms with van der Waals surface area (Å²) in [7, 11) is -7.36. The molecule has 1 fully saturated rings. The second-order valence-electron chi connectivity index (χ2n) is 6.55. The Bertz CT molecular complexity index is 988. The molecule has 1 aliphatic rings. The van der Waals surface area contributed by atoms with Crippen molar-refractivity contribution >= 4 is 20.0 Å². The molecule has 0 spiro atoms. The van der Waals surface area contributed by atoms with E-state index in [1.54, 1.807) is 0 Å². The van der Waals surface area contributed by atoms with Crippen LogP contribution in [0.5, 0.6) is 0 Å². The average Bonchev–Trinajstić information content (AvgIpc) is 2.75. The van der Waals surface area contributed by atoms with E-state index in [2.05, 4.69) is 10.0 Å². The minimum atomic E-state index is -3.71. The molecule has 0 bridgehead atoms. The Kier molecular flexibility index (Phi) is 7.38. The molecule has 1 aliphatic heterocycles. The fourth-order valence-electron chi connectivity index (χ4n) is 2.91. The molecule has 10 heteroatoms. The monoisotopic (exact) mass is 439 g/mol. The molecule has 2 aromatic carbocycles. The summed E-state index contributed by atoms with van der Waals surface area (Å²) < 4.78 is 59.1. The maximum Gasteiger partial charge on any atom is 0.243 e. The number of sulfonamides is 2. The first-order chi connectivity index (χ1) is 13.9. The Labute approximate surface area is 172 Å². The molecular formula is C19H25N3O5S2. The van der Waals surface area contributed by atoms with Gasteiger partial charge < -0.3 is 10.1 Å². The molecule has 0 radical (unpaired) electrons. The Morgan fingerprint density at radius 2 is 1.45 bits per heavy atom. The van der Waals surface area contributed by atoms with Crippen LogP contribution in [0.4, 0.5) is 0 Å². The molecule has 2 N–H and O–H groups in total. The highest BCUT2D eigenvalue weighted by Gasteiger charge is 2.26. The van der Waals surface area contributed by atoms with E-state index >= 15 is 0 Å². The van der Waals surface area contributed by atoms with Crippen molar-refractivity contribution in [3.8, 4) is 0 Å². The first-order valence-corrected chi connectivity index (χ1v) is 12.2. The molecule has 0 amide bonds. The fourth-order valence-corrected chi connectivity index (χ4v) is 5.35. The maximum atomic E-state index is 12.6. The Hall–Kier alpha value is -1.82. The number of benzene rings is 2. The molecule has 2 aromatic rings. The van der Waals surface area contributed by atoms with Crippen molar-refractivity contribution in [1.29, 1.82) is 0 Å². The molecule has 0 saturated carbocycles. The van der Waals surface area contributed by atoms with Gasteiger partial charge >= 0.3 is 0 Å². The quantitative estimate of drug-likeness (QED) is 0.560. The van der Waals surface area contributed by atoms with Gasteiger partial charge in [-0.3, -0.25) is 0 Å². The van der Waals surface area contributed by atoms with Crippen LogP contribution in [0.2, 0.25) is 0 Å². The van der Waals surface area contributed by atoms with Crippen LogP contribution in [0.25, 0.3) is 0 Å². The van der Waals surface area contributed by atoms with E-state index < -0.39 is 20.0 Å². The molecule has 0 aliphatic carbocycles. The molecule has 3 rings (SSSR count). The van der Waals surface area contributed by atoms with E-state index in [9.17, 15) is 16.8 Å². The number of hydrogen-bond acceptors (Lipinski definition) is 6. The summed E-state index contributed by atoms with van der Waals surface area (Å²) in [6.07, 6.45) is 0. The van der Waals surface area contributed by atoms with Crippen molar-refractivity contribution < 1.29 is 21.6 Å². The van der Waals surface area contributed by atoms with E-state index in [0.29, 0.717) is 39.4 Å². The smallest absolute Gasteiger partial charge is 0.243 e. The molecule has 8 nitrogen and oxygen atoms in total. The first kappa shape index (κ1) is 21.9. The van der Waals surface area contributed by atoms with Gasteiger partial charge in [0.2, 0.25) is 20.0 Å². The lowest BCUT2D eigenvalue weighted by molar-refractivity contribution is 0.0730. The van der Waals surface area contributed by atoms with E-state index in [0.717, 1.165) is 5.56 Å². The Morgan fingerprint density at radius 3 is 2.10 bits per heavy atom. The van der Waals surface area contributed by atoms with Crippen LogP contribution in [0.15, 0.2) is 64.4 Å². The van der Waals surface area contributed by atoms with Crippen LogP contribution in [0.1, 0.15) is 5.56 Å². The molecule has 0 atom stereocenters. The van der Waals surface area contributed by atoms with Crippen LogP contribution in [0, 0.1) is 0 Å². The Morgan fingerprint density at radius 1 is 0.828 bits per heavy atom. The fraction of sp³-hybridized carbons (Fsp3) is 0.368. The van der Waals surface area contributed by atoms with Gasteiger partial charge in [0.05, 0.1) is 23.0 Å². The van der Waals surface area contributed by atoms with Gasteiger partial charge in [-0.25, -0.2) is 21.6 Å². The third-order valence-electron chi connectivity index (χ3n) is 4.51. The van der Waals surface area contributed by atoms with Gasteiger partial charge in [0.25, 0.3) is 0 Å². The van der Waals surface area contributed by atoms with Crippen molar-refractivity contribution in [3.05, 3.63) is 60.2 Å². The van der Waals surface area contributed by atoms with Crippen molar-refractivity contribution in [2.45, 2.75) is 16.3 Å². The summed E-state index contributed by atoms with van der Waals surface area (Å²) in [5.74, 6) is 0. The van der Waals surface area contributed by atoms with Crippen molar-refractivity contribution in [3.63, 3.8) is 0 Å². The highest BCUT2D eigenvalue weighted by molar-refractivity contribution is 7.89. The van der Waals surface area contributed by atoms with Gasteiger partial charge in [-0.05, 0) is 29.8 Å². The third kappa shape index (κ3) is 5.84. The lowest BCUT2D eigenvalue weighted by Crippen LogP contribution is -2.40. The van der Waals surface area contributed by atoms with Crippen LogP contribution >= 0.6 is 0 Å². The highest BCUT2D eigenvalue weighted by atomic mass is 32.2. The average molecular weight is 440 g/mol. The summed E-state index contributed by atoms with van der Waals surface area (Å²) in [5, 5.41) is 3.17. The first-order valence-electron chi connectivity index (χ1n) is 9.32. The third-order valence-corrected chi connectivity index (χ3v) is 7.90. The summed E-state index contributed by atoms with van der Waals surface area (Å²) >= 11 is 0. The van der Waals surface area contributed by atoms with Crippen molar-refractivity contribution in [2.24, 2.45) is 0 Å². The van der Waals surface area contributed by atoms with Gasteiger partial charge in [-0.15, -0.1) is 0 Å². The predicted octanol–water partition coefficient (Wildman–Crippen LogP) is 0.776. The van der Waals surface area contributed by atoms with Crippen LogP contribution in [-0.2, 0) is 31.3 Å². The van der Waals surface area contributed by atoms with E-state index in [1.165, 1.54) is 28.6 Å². The predicted molar refractivity (Wildman–Crippen MR) is 109 cm³/mol. The molecular weight excluding hydrogens is 414 g/mol. The molecule has 1 heterocycles. The van der Waals surface area contributed by atoms with E-state index in [4.69, 9.17) is 4.74 Å². The zero-order chi connectivity index (χ0) is 20.7. The minimum absolute atomic E-state index is 0.0292. The molecule has 1 saturated heterocycles. The summed E-state index contributed by atoms with van der Waals surface area (Å²) in [5.41, 5.74) is 1.12. The van der Waals surface area contributed by atoms with Gasteiger partial charge in [-0.2, -0.15) is 4.31 Å². The number of morpholine rings is 1. The summed E-state index contributed by atoms with van der Waals surface area (Å²) in [4.78, 5) is 0.101. The van der Waals surface area contributed by atoms with Crippen molar-refractivity contribution in [1.82, 2.24) is 14.3 Å². The second kappa shape index (κ2) is 9.79. The number of ether oxygens (including phenoxy) is 1. The van der Waals surface area contributed by atoms with Crippen LogP contribution in [-0.4, -0.2) is 60.5 Å². The summed E-state index contributed by atoms with van der Waals surface area (Å²) in [6, 6.07) is 15.1. The lowest BCUT2D eigenvalue weighted by atomic mass is 10.2. The lowest BCUT2D eigenvalue weighted by Gasteiger charge is -2.26. The van der Waals surface area contributed by atoms with Gasteiger partial charge in [0.1, 0.15) is 0 Å². The van der Waals surface area contributed by atoms with E-state index in [-0.39, 0.29) is 16.3 Å². The highest BCUT2D eigenvalue weighted by Crippen LogP contribution is 2.19. The number of nitrogens with one attached hydrogen (secondary N) is 2. The molecule has 158 valence electrons. The van der Waals surface area contributed by atoms with E-state index in [1.807, 2.05) is 30.3 Å². The zero-order valence-corrected chi connectivity index (χ0v) is 17.6.